The Balaban J connectivity index is 4.46. The summed E-state index contributed by atoms with van der Waals surface area (Å²) in [7, 11) is 3.51. The van der Waals surface area contributed by atoms with Crippen molar-refractivity contribution >= 4 is 6.21 Å². The first kappa shape index (κ1) is 11.4. The molecule has 1 unspecified atom stereocenters. The molecule has 0 heterocycles. The van der Waals surface area contributed by atoms with Crippen LogP contribution in [0.4, 0.5) is 0 Å². The second-order valence-electron chi connectivity index (χ2n) is 3.08. The summed E-state index contributed by atoms with van der Waals surface area (Å²) in [6.45, 7) is 6.29. The summed E-state index contributed by atoms with van der Waals surface area (Å²) >= 11 is 0. The van der Waals surface area contributed by atoms with E-state index >= 15 is 0 Å². The van der Waals surface area contributed by atoms with Crippen LogP contribution in [0.15, 0.2) is 16.6 Å². The van der Waals surface area contributed by atoms with Crippen molar-refractivity contribution in [3.8, 4) is 0 Å². The molecule has 0 fully saturated rings. The Labute approximate surface area is 75.3 Å². The maximum atomic E-state index is 5.36. The topological polar surface area (TPSA) is 21.6 Å². The van der Waals surface area contributed by atoms with Crippen molar-refractivity contribution in [1.82, 2.24) is 0 Å². The number of hydrogen-bond donors (Lipinski definition) is 0. The van der Waals surface area contributed by atoms with E-state index in [1.54, 1.807) is 14.2 Å². The number of allylic oxidation sites excluding steroid dienone is 1. The molecular weight excluding hydrogens is 150 g/mol. The molecule has 2 nitrogen and oxygen atoms in total. The molecule has 0 rings (SSSR count). The van der Waals surface area contributed by atoms with E-state index in [0.717, 1.165) is 5.57 Å². The number of ether oxygens (including phenoxy) is 1. The summed E-state index contributed by atoms with van der Waals surface area (Å²) in [5.41, 5.74) is 1.15. The van der Waals surface area contributed by atoms with Gasteiger partial charge < -0.3 is 4.74 Å². The van der Waals surface area contributed by atoms with E-state index < -0.39 is 0 Å². The molecule has 0 aliphatic heterocycles. The Morgan fingerprint density at radius 2 is 2.00 bits per heavy atom. The Morgan fingerprint density at radius 3 is 2.25 bits per heavy atom. The minimum Gasteiger partial charge on any atom is -0.376 e. The fourth-order valence-corrected chi connectivity index (χ4v) is 1.25. The van der Waals surface area contributed by atoms with Crippen LogP contribution in [-0.2, 0) is 4.74 Å². The molecule has 12 heavy (non-hydrogen) atoms. The molecule has 0 saturated carbocycles. The van der Waals surface area contributed by atoms with Crippen molar-refractivity contribution < 1.29 is 4.74 Å². The zero-order valence-corrected chi connectivity index (χ0v) is 8.66. The molecule has 0 amide bonds. The lowest BCUT2D eigenvalue weighted by Gasteiger charge is -2.19. The molecule has 0 saturated heterocycles. The number of rotatable bonds is 4. The van der Waals surface area contributed by atoms with Gasteiger partial charge in [-0.3, -0.25) is 4.99 Å². The average Bonchev–Trinajstić information content (AvgIpc) is 2.03. The highest BCUT2D eigenvalue weighted by atomic mass is 16.5. The summed E-state index contributed by atoms with van der Waals surface area (Å²) < 4.78 is 5.36. The third-order valence-electron chi connectivity index (χ3n) is 1.80. The lowest BCUT2D eigenvalue weighted by atomic mass is 9.99. The highest BCUT2D eigenvalue weighted by Gasteiger charge is 2.14. The first-order valence-electron chi connectivity index (χ1n) is 4.28. The molecule has 0 aliphatic rings. The van der Waals surface area contributed by atoms with Crippen molar-refractivity contribution in [3.05, 3.63) is 11.6 Å². The lowest BCUT2D eigenvalue weighted by molar-refractivity contribution is 0.0987. The summed E-state index contributed by atoms with van der Waals surface area (Å²) in [6, 6.07) is 0. The molecule has 1 atom stereocenters. The van der Waals surface area contributed by atoms with Crippen LogP contribution in [-0.4, -0.2) is 26.5 Å². The molecule has 0 spiro atoms. The van der Waals surface area contributed by atoms with E-state index in [-0.39, 0.29) is 6.10 Å². The third kappa shape index (κ3) is 3.18. The Kier molecular flexibility index (Phi) is 5.64. The monoisotopic (exact) mass is 169 g/mol. The summed E-state index contributed by atoms with van der Waals surface area (Å²) in [6.07, 6.45) is 4.06. The molecule has 0 N–H and O–H groups in total. The van der Waals surface area contributed by atoms with Gasteiger partial charge in [0.1, 0.15) is 0 Å². The molecule has 0 aliphatic carbocycles. The van der Waals surface area contributed by atoms with Gasteiger partial charge in [0.05, 0.1) is 6.10 Å². The Morgan fingerprint density at radius 1 is 1.42 bits per heavy atom. The second kappa shape index (κ2) is 5.95. The second-order valence-corrected chi connectivity index (χ2v) is 3.08. The molecular formula is C10H19NO. The van der Waals surface area contributed by atoms with E-state index in [1.165, 1.54) is 0 Å². The van der Waals surface area contributed by atoms with E-state index in [0.29, 0.717) is 5.92 Å². The molecule has 0 aromatic rings. The summed E-state index contributed by atoms with van der Waals surface area (Å²) in [4.78, 5) is 3.98. The zero-order valence-electron chi connectivity index (χ0n) is 8.66. The summed E-state index contributed by atoms with van der Waals surface area (Å²) in [5, 5.41) is 0. The first-order chi connectivity index (χ1) is 5.67. The van der Waals surface area contributed by atoms with Gasteiger partial charge in [-0.05, 0) is 18.4 Å². The van der Waals surface area contributed by atoms with Gasteiger partial charge in [-0.25, -0.2) is 0 Å². The Hall–Kier alpha value is -0.630. The molecule has 0 aromatic carbocycles. The highest BCUT2D eigenvalue weighted by molar-refractivity contribution is 5.79. The van der Waals surface area contributed by atoms with Gasteiger partial charge in [0.15, 0.2) is 0 Å². The highest BCUT2D eigenvalue weighted by Crippen LogP contribution is 2.13. The number of nitrogens with zero attached hydrogens (tertiary/aromatic N) is 1. The molecule has 0 radical (unpaired) electrons. The number of hydrogen-bond acceptors (Lipinski definition) is 2. The molecule has 2 heteroatoms. The Bertz CT molecular complexity index is 171. The van der Waals surface area contributed by atoms with Crippen molar-refractivity contribution in [2.45, 2.75) is 26.9 Å². The normalized spacial score (nSPS) is 16.0. The quantitative estimate of drug-likeness (QED) is 0.592. The van der Waals surface area contributed by atoms with Crippen LogP contribution in [0.1, 0.15) is 20.8 Å². The van der Waals surface area contributed by atoms with Gasteiger partial charge in [-0.15, -0.1) is 0 Å². The van der Waals surface area contributed by atoms with Gasteiger partial charge in [0.25, 0.3) is 0 Å². The minimum absolute atomic E-state index is 0.165. The smallest absolute Gasteiger partial charge is 0.0855 e. The van der Waals surface area contributed by atoms with Crippen LogP contribution in [0.25, 0.3) is 0 Å². The van der Waals surface area contributed by atoms with Gasteiger partial charge in [-0.2, -0.15) is 0 Å². The van der Waals surface area contributed by atoms with E-state index in [1.807, 2.05) is 19.2 Å². The molecule has 0 bridgehead atoms. The van der Waals surface area contributed by atoms with Crippen LogP contribution in [0.2, 0.25) is 0 Å². The SMILES string of the molecule is C/C=C(\C=N/C)C(OC)C(C)C. The van der Waals surface area contributed by atoms with Crippen LogP contribution < -0.4 is 0 Å². The fraction of sp³-hybridized carbons (Fsp3) is 0.700. The predicted molar refractivity (Wildman–Crippen MR) is 53.8 cm³/mol. The van der Waals surface area contributed by atoms with E-state index in [2.05, 4.69) is 18.8 Å². The molecule has 70 valence electrons. The maximum absolute atomic E-state index is 5.36. The van der Waals surface area contributed by atoms with Crippen LogP contribution >= 0.6 is 0 Å². The van der Waals surface area contributed by atoms with Crippen molar-refractivity contribution in [2.24, 2.45) is 10.9 Å². The van der Waals surface area contributed by atoms with Gasteiger partial charge in [-0.1, -0.05) is 19.9 Å². The van der Waals surface area contributed by atoms with Gasteiger partial charge >= 0.3 is 0 Å². The van der Waals surface area contributed by atoms with Crippen molar-refractivity contribution in [2.75, 3.05) is 14.2 Å². The lowest BCUT2D eigenvalue weighted by Crippen LogP contribution is -2.21. The van der Waals surface area contributed by atoms with Crippen LogP contribution in [0.3, 0.4) is 0 Å². The standard InChI is InChI=1S/C10H19NO/c1-6-9(7-11-4)10(12-5)8(2)3/h6-8,10H,1-5H3/b9-6+,11-7-. The predicted octanol–water partition coefficient (Wildman–Crippen LogP) is 2.30. The number of methoxy groups -OCH3 is 1. The fourth-order valence-electron chi connectivity index (χ4n) is 1.25. The minimum atomic E-state index is 0.165. The first-order valence-corrected chi connectivity index (χ1v) is 4.28. The van der Waals surface area contributed by atoms with Crippen molar-refractivity contribution in [3.63, 3.8) is 0 Å². The van der Waals surface area contributed by atoms with Gasteiger partial charge in [0, 0.05) is 20.4 Å². The summed E-state index contributed by atoms with van der Waals surface area (Å²) in [5.74, 6) is 0.485. The largest absolute Gasteiger partial charge is 0.376 e. The van der Waals surface area contributed by atoms with E-state index in [4.69, 9.17) is 4.74 Å². The van der Waals surface area contributed by atoms with Crippen LogP contribution in [0, 0.1) is 5.92 Å². The van der Waals surface area contributed by atoms with Gasteiger partial charge in [0.2, 0.25) is 0 Å². The zero-order chi connectivity index (χ0) is 9.56. The van der Waals surface area contributed by atoms with Crippen LogP contribution in [0.5, 0.6) is 0 Å². The molecule has 0 aromatic heterocycles. The third-order valence-corrected chi connectivity index (χ3v) is 1.80. The maximum Gasteiger partial charge on any atom is 0.0855 e. The van der Waals surface area contributed by atoms with E-state index in [9.17, 15) is 0 Å². The average molecular weight is 169 g/mol. The number of aliphatic imine (C=N–C) groups is 1. The van der Waals surface area contributed by atoms with Crippen molar-refractivity contribution in [1.29, 1.82) is 0 Å².